The van der Waals surface area contributed by atoms with Gasteiger partial charge in [0.25, 0.3) is 5.91 Å². The molecule has 1 aromatic rings. The molecule has 2 aliphatic rings. The Morgan fingerprint density at radius 2 is 1.57 bits per heavy atom. The van der Waals surface area contributed by atoms with Gasteiger partial charge in [0.1, 0.15) is 0 Å². The number of hydrogen-bond donors (Lipinski definition) is 3. The van der Waals surface area contributed by atoms with Gasteiger partial charge in [0.2, 0.25) is 11.8 Å². The van der Waals surface area contributed by atoms with Gasteiger partial charge in [-0.15, -0.1) is 0 Å². The lowest BCUT2D eigenvalue weighted by Crippen LogP contribution is -2.42. The van der Waals surface area contributed by atoms with Crippen molar-refractivity contribution in [1.29, 1.82) is 0 Å². The normalized spacial score (nSPS) is 17.0. The molecule has 2 saturated carbocycles. The third kappa shape index (κ3) is 3.59. The molecule has 2 aliphatic carbocycles. The van der Waals surface area contributed by atoms with Crippen LogP contribution >= 0.6 is 0 Å². The molecular weight excluding hydrogens is 270 g/mol. The molecule has 0 saturated heterocycles. The van der Waals surface area contributed by atoms with Crippen LogP contribution in [0.2, 0.25) is 0 Å². The number of amides is 3. The third-order valence-electron chi connectivity index (χ3n) is 3.59. The standard InChI is InChI=1S/C15H17N3O3/c19-13(9-4-5-9)16-12-3-1-2-11(8-12)15(21)18-17-14(20)10-6-7-10/h1-3,8-10H,4-7H2,(H,16,19)(H,17,20)(H,18,21). The average Bonchev–Trinajstić information content (AvgIpc) is 3.36. The minimum Gasteiger partial charge on any atom is -0.326 e. The first-order valence-electron chi connectivity index (χ1n) is 7.14. The van der Waals surface area contributed by atoms with E-state index < -0.39 is 5.91 Å². The molecule has 0 unspecified atom stereocenters. The van der Waals surface area contributed by atoms with Gasteiger partial charge in [-0.2, -0.15) is 0 Å². The molecule has 2 fully saturated rings. The highest BCUT2D eigenvalue weighted by Crippen LogP contribution is 2.30. The average molecular weight is 287 g/mol. The van der Waals surface area contributed by atoms with Gasteiger partial charge in [0.15, 0.2) is 0 Å². The van der Waals surface area contributed by atoms with Gasteiger partial charge in [-0.3, -0.25) is 25.2 Å². The molecule has 0 aliphatic heterocycles. The Hall–Kier alpha value is -2.37. The summed E-state index contributed by atoms with van der Waals surface area (Å²) >= 11 is 0. The van der Waals surface area contributed by atoms with Crippen molar-refractivity contribution in [3.8, 4) is 0 Å². The summed E-state index contributed by atoms with van der Waals surface area (Å²) in [7, 11) is 0. The van der Waals surface area contributed by atoms with Crippen LogP contribution in [0.4, 0.5) is 5.69 Å². The number of hydrazine groups is 1. The zero-order valence-electron chi connectivity index (χ0n) is 11.5. The summed E-state index contributed by atoms with van der Waals surface area (Å²) in [6.07, 6.45) is 3.62. The van der Waals surface area contributed by atoms with E-state index in [1.54, 1.807) is 24.3 Å². The van der Waals surface area contributed by atoms with Crippen LogP contribution in [0.1, 0.15) is 36.0 Å². The lowest BCUT2D eigenvalue weighted by molar-refractivity contribution is -0.123. The summed E-state index contributed by atoms with van der Waals surface area (Å²) < 4.78 is 0. The fourth-order valence-electron chi connectivity index (χ4n) is 1.97. The van der Waals surface area contributed by atoms with E-state index in [9.17, 15) is 14.4 Å². The molecule has 0 radical (unpaired) electrons. The number of hydrogen-bond acceptors (Lipinski definition) is 3. The van der Waals surface area contributed by atoms with E-state index in [4.69, 9.17) is 0 Å². The lowest BCUT2D eigenvalue weighted by atomic mass is 10.2. The summed E-state index contributed by atoms with van der Waals surface area (Å²) in [5.41, 5.74) is 5.77. The maximum absolute atomic E-state index is 11.9. The molecule has 3 amide bonds. The Morgan fingerprint density at radius 1 is 0.905 bits per heavy atom. The van der Waals surface area contributed by atoms with E-state index >= 15 is 0 Å². The van der Waals surface area contributed by atoms with Gasteiger partial charge in [0, 0.05) is 23.1 Å². The van der Waals surface area contributed by atoms with Crippen molar-refractivity contribution in [2.24, 2.45) is 11.8 Å². The topological polar surface area (TPSA) is 87.3 Å². The van der Waals surface area contributed by atoms with E-state index in [1.165, 1.54) is 0 Å². The largest absolute Gasteiger partial charge is 0.326 e. The lowest BCUT2D eigenvalue weighted by Gasteiger charge is -2.09. The highest BCUT2D eigenvalue weighted by molar-refractivity contribution is 5.98. The summed E-state index contributed by atoms with van der Waals surface area (Å²) in [6.45, 7) is 0. The van der Waals surface area contributed by atoms with Crippen LogP contribution < -0.4 is 16.2 Å². The maximum atomic E-state index is 11.9. The van der Waals surface area contributed by atoms with Gasteiger partial charge in [-0.25, -0.2) is 0 Å². The van der Waals surface area contributed by atoms with Gasteiger partial charge in [-0.05, 0) is 43.9 Å². The molecule has 21 heavy (non-hydrogen) atoms. The summed E-state index contributed by atoms with van der Waals surface area (Å²) in [5, 5.41) is 2.79. The van der Waals surface area contributed by atoms with Crippen LogP contribution in [0.25, 0.3) is 0 Å². The number of carbonyl (C=O) groups is 3. The smallest absolute Gasteiger partial charge is 0.269 e. The van der Waals surface area contributed by atoms with Crippen molar-refractivity contribution in [3.63, 3.8) is 0 Å². The second kappa shape index (κ2) is 5.55. The predicted molar refractivity (Wildman–Crippen MR) is 76.1 cm³/mol. The van der Waals surface area contributed by atoms with E-state index in [0.29, 0.717) is 11.3 Å². The number of benzene rings is 1. The molecule has 3 rings (SSSR count). The van der Waals surface area contributed by atoms with Crippen molar-refractivity contribution < 1.29 is 14.4 Å². The molecule has 0 spiro atoms. The van der Waals surface area contributed by atoms with Crippen LogP contribution in [-0.2, 0) is 9.59 Å². The molecular formula is C15H17N3O3. The highest BCUT2D eigenvalue weighted by atomic mass is 16.2. The minimum absolute atomic E-state index is 0.00501. The number of rotatable bonds is 4. The van der Waals surface area contributed by atoms with Crippen LogP contribution in [0.5, 0.6) is 0 Å². The van der Waals surface area contributed by atoms with Crippen LogP contribution in [0.3, 0.4) is 0 Å². The van der Waals surface area contributed by atoms with E-state index in [0.717, 1.165) is 25.7 Å². The van der Waals surface area contributed by atoms with Crippen molar-refractivity contribution in [1.82, 2.24) is 10.9 Å². The van der Waals surface area contributed by atoms with Crippen molar-refractivity contribution in [3.05, 3.63) is 29.8 Å². The summed E-state index contributed by atoms with van der Waals surface area (Å²) in [5.74, 6) is -0.405. The Kier molecular flexibility index (Phi) is 3.60. The quantitative estimate of drug-likeness (QED) is 0.727. The predicted octanol–water partition coefficient (Wildman–Crippen LogP) is 1.21. The monoisotopic (exact) mass is 287 g/mol. The molecule has 6 heteroatoms. The first-order valence-corrected chi connectivity index (χ1v) is 7.14. The van der Waals surface area contributed by atoms with Gasteiger partial charge in [-0.1, -0.05) is 6.07 Å². The second-order valence-electron chi connectivity index (χ2n) is 5.56. The van der Waals surface area contributed by atoms with E-state index in [2.05, 4.69) is 16.2 Å². The van der Waals surface area contributed by atoms with Crippen LogP contribution in [-0.4, -0.2) is 17.7 Å². The highest BCUT2D eigenvalue weighted by Gasteiger charge is 2.30. The fourth-order valence-corrected chi connectivity index (χ4v) is 1.97. The maximum Gasteiger partial charge on any atom is 0.269 e. The van der Waals surface area contributed by atoms with Gasteiger partial charge < -0.3 is 5.32 Å². The second-order valence-corrected chi connectivity index (χ2v) is 5.56. The molecule has 0 heterocycles. The number of carbonyl (C=O) groups excluding carboxylic acids is 3. The fraction of sp³-hybridized carbons (Fsp3) is 0.400. The van der Waals surface area contributed by atoms with Gasteiger partial charge in [0.05, 0.1) is 0 Å². The molecule has 110 valence electrons. The molecule has 0 aromatic heterocycles. The van der Waals surface area contributed by atoms with E-state index in [-0.39, 0.29) is 23.7 Å². The van der Waals surface area contributed by atoms with Crippen LogP contribution in [0.15, 0.2) is 24.3 Å². The SMILES string of the molecule is O=C(NNC(=O)C1CC1)c1cccc(NC(=O)C2CC2)c1. The van der Waals surface area contributed by atoms with Crippen molar-refractivity contribution in [2.75, 3.05) is 5.32 Å². The first kappa shape index (κ1) is 13.6. The van der Waals surface area contributed by atoms with Crippen molar-refractivity contribution >= 4 is 23.4 Å². The van der Waals surface area contributed by atoms with E-state index in [1.807, 2.05) is 0 Å². The third-order valence-corrected chi connectivity index (χ3v) is 3.59. The Bertz CT molecular complexity index is 592. The minimum atomic E-state index is -0.397. The Balaban J connectivity index is 1.57. The molecule has 0 atom stereocenters. The molecule has 6 nitrogen and oxygen atoms in total. The Labute approximate surface area is 122 Å². The zero-order valence-corrected chi connectivity index (χ0v) is 11.5. The summed E-state index contributed by atoms with van der Waals surface area (Å²) in [4.78, 5) is 35.1. The van der Waals surface area contributed by atoms with Crippen molar-refractivity contribution in [2.45, 2.75) is 25.7 Å². The number of anilines is 1. The zero-order chi connectivity index (χ0) is 14.8. The molecule has 1 aromatic carbocycles. The van der Waals surface area contributed by atoms with Gasteiger partial charge >= 0.3 is 0 Å². The number of nitrogens with one attached hydrogen (secondary N) is 3. The van der Waals surface area contributed by atoms with Crippen LogP contribution in [0, 0.1) is 11.8 Å². The Morgan fingerprint density at radius 3 is 2.24 bits per heavy atom. The summed E-state index contributed by atoms with van der Waals surface area (Å²) in [6, 6.07) is 6.66. The molecule has 3 N–H and O–H groups in total. The molecule has 0 bridgehead atoms. The first-order chi connectivity index (χ1) is 10.1.